The van der Waals surface area contributed by atoms with Gasteiger partial charge < -0.3 is 56.4 Å². The predicted octanol–water partition coefficient (Wildman–Crippen LogP) is 3.20. The Bertz CT molecular complexity index is 1970. The Kier molecular flexibility index (Phi) is 20.8. The number of urea groups is 1. The van der Waals surface area contributed by atoms with E-state index in [1.54, 1.807) is 45.0 Å². The maximum Gasteiger partial charge on any atom is 0.426 e. The zero-order valence-electron chi connectivity index (χ0n) is 39.6. The van der Waals surface area contributed by atoms with E-state index in [0.717, 1.165) is 12.0 Å². The third-order valence-electron chi connectivity index (χ3n) is 11.7. The molecule has 3 fully saturated rings. The van der Waals surface area contributed by atoms with Gasteiger partial charge in [0.05, 0.1) is 55.1 Å². The highest BCUT2D eigenvalue weighted by Gasteiger charge is 2.51. The molecule has 1 aromatic rings. The molecule has 4 rings (SSSR count). The largest absolute Gasteiger partial charge is 0.459 e. The molecule has 0 radical (unpaired) electrons. The van der Waals surface area contributed by atoms with Gasteiger partial charge in [0.15, 0.2) is 0 Å². The number of epoxide rings is 1. The van der Waals surface area contributed by atoms with Crippen molar-refractivity contribution >= 4 is 47.4 Å². The van der Waals surface area contributed by atoms with Gasteiger partial charge in [0, 0.05) is 38.1 Å². The van der Waals surface area contributed by atoms with Crippen molar-refractivity contribution in [3.8, 4) is 0 Å². The van der Waals surface area contributed by atoms with Crippen LogP contribution in [0.5, 0.6) is 0 Å². The number of benzene rings is 1. The molecule has 20 nitrogen and oxygen atoms in total. The molecule has 3 saturated heterocycles. The summed E-state index contributed by atoms with van der Waals surface area (Å²) < 4.78 is 28.7. The topological polar surface area (TPSA) is 293 Å². The Morgan fingerprint density at radius 3 is 2.33 bits per heavy atom. The maximum atomic E-state index is 13.1. The van der Waals surface area contributed by atoms with Crippen LogP contribution in [-0.2, 0) is 54.3 Å². The molecule has 1 aromatic carbocycles. The van der Waals surface area contributed by atoms with E-state index in [1.807, 2.05) is 26.0 Å². The highest BCUT2D eigenvalue weighted by atomic mass is 16.6. The predicted molar refractivity (Wildman–Crippen MR) is 247 cm³/mol. The van der Waals surface area contributed by atoms with Crippen molar-refractivity contribution < 1.29 is 57.2 Å². The van der Waals surface area contributed by atoms with Crippen LogP contribution in [0.25, 0.3) is 0 Å². The number of esters is 1. The van der Waals surface area contributed by atoms with Crippen molar-refractivity contribution in [1.82, 2.24) is 26.8 Å². The molecule has 3 heterocycles. The SMILES string of the molecule is CC(=O)O[C@@H](C)/C=C\C(=O)N[C@@H]1C[C@H](C)[C@H](C/C=C(C)/C=C/[C@@H]2C[C@]3(CO3)C[C@@H](CC(=O)NNC(=O)OCc3ccc(NC(=O)[C@H](CCCNC(N)=O)NC(=O)[C@@H](N)C(C)C)cc3)O2)O[C@@H]1C. The number of carbonyl (C=O) groups excluding carboxylic acids is 7. The number of anilines is 1. The molecule has 0 saturated carbocycles. The van der Waals surface area contributed by atoms with Crippen LogP contribution in [0.1, 0.15) is 99.0 Å². The molecular formula is C47H70N8O12. The maximum absolute atomic E-state index is 13.1. The summed E-state index contributed by atoms with van der Waals surface area (Å²) in [5.74, 6) is -2.07. The van der Waals surface area contributed by atoms with Gasteiger partial charge in [-0.05, 0) is 82.1 Å². The summed E-state index contributed by atoms with van der Waals surface area (Å²) in [6.45, 7) is 13.3. The lowest BCUT2D eigenvalue weighted by atomic mass is 9.88. The van der Waals surface area contributed by atoms with Gasteiger partial charge in [-0.3, -0.25) is 29.4 Å². The van der Waals surface area contributed by atoms with Crippen LogP contribution >= 0.6 is 0 Å². The van der Waals surface area contributed by atoms with Crippen LogP contribution < -0.4 is 43.6 Å². The highest BCUT2D eigenvalue weighted by molar-refractivity contribution is 5.98. The molecule has 10 N–H and O–H groups in total. The number of nitrogens with two attached hydrogens (primary N) is 2. The van der Waals surface area contributed by atoms with Gasteiger partial charge in [0.25, 0.3) is 0 Å². The average molecular weight is 939 g/mol. The summed E-state index contributed by atoms with van der Waals surface area (Å²) in [6, 6.07) is 3.91. The number of hydrogen-bond donors (Lipinski definition) is 8. The average Bonchev–Trinajstić information content (AvgIpc) is 4.01. The highest BCUT2D eigenvalue weighted by Crippen LogP contribution is 2.43. The summed E-state index contributed by atoms with van der Waals surface area (Å²) in [7, 11) is 0. The standard InChI is InChI=1S/C47H70N8O12/c1-27(2)42(48)44(60)53-37(9-8-20-50-45(49)61)43(59)51-34-15-13-33(14-16-34)25-63-46(62)55-54-41(58)22-36-24-47(26-64-47)23-35(67-36)17-10-28(3)11-18-39-29(4)21-38(31(6)66-39)52-40(57)19-12-30(5)65-32(7)56/h10-17,19,27,29-31,35-39,42H,8-9,18,20-26,48H2,1-7H3,(H,51,59)(H,52,57)(H,53,60)(H,54,58)(H,55,62)(H3,49,50,61)/b17-10+,19-12-,28-11+/t29-,30-,31+,35+,36+,37-,38+,39-,42-,47+/m0/s1. The summed E-state index contributed by atoms with van der Waals surface area (Å²) >= 11 is 0. The van der Waals surface area contributed by atoms with Gasteiger partial charge in [-0.1, -0.05) is 56.7 Å². The summed E-state index contributed by atoms with van der Waals surface area (Å²) in [5, 5.41) is 10.9. The fourth-order valence-electron chi connectivity index (χ4n) is 7.71. The number of amides is 7. The number of carbonyl (C=O) groups is 7. The molecule has 10 atom stereocenters. The lowest BCUT2D eigenvalue weighted by Gasteiger charge is -2.39. The summed E-state index contributed by atoms with van der Waals surface area (Å²) in [5.41, 5.74) is 17.4. The van der Waals surface area contributed by atoms with Gasteiger partial charge in [-0.15, -0.1) is 0 Å². The van der Waals surface area contributed by atoms with Gasteiger partial charge >= 0.3 is 18.1 Å². The molecule has 3 aliphatic heterocycles. The fraction of sp³-hybridized carbons (Fsp3) is 0.596. The van der Waals surface area contributed by atoms with Crippen LogP contribution in [0.3, 0.4) is 0 Å². The minimum Gasteiger partial charge on any atom is -0.459 e. The Hall–Kier alpha value is -5.83. The van der Waals surface area contributed by atoms with E-state index in [-0.39, 0.29) is 73.7 Å². The molecule has 0 aromatic heterocycles. The van der Waals surface area contributed by atoms with E-state index >= 15 is 0 Å². The van der Waals surface area contributed by atoms with Crippen molar-refractivity contribution in [2.24, 2.45) is 23.3 Å². The van der Waals surface area contributed by atoms with E-state index in [4.69, 9.17) is 35.2 Å². The molecule has 1 spiro atoms. The molecule has 0 unspecified atom stereocenters. The van der Waals surface area contributed by atoms with Crippen LogP contribution in [-0.4, -0.2) is 109 Å². The molecule has 7 amide bonds. The molecule has 3 aliphatic rings. The van der Waals surface area contributed by atoms with Crippen LogP contribution in [0.15, 0.2) is 60.2 Å². The van der Waals surface area contributed by atoms with Crippen molar-refractivity contribution in [2.45, 2.75) is 154 Å². The first-order valence-electron chi connectivity index (χ1n) is 22.9. The number of hydrogen-bond acceptors (Lipinski definition) is 13. The van der Waals surface area contributed by atoms with E-state index < -0.39 is 60.1 Å². The van der Waals surface area contributed by atoms with Gasteiger partial charge in [-0.2, -0.15) is 0 Å². The first-order chi connectivity index (χ1) is 31.7. The lowest BCUT2D eigenvalue weighted by Crippen LogP contribution is -2.51. The van der Waals surface area contributed by atoms with E-state index in [1.165, 1.54) is 19.1 Å². The normalized spacial score (nSPS) is 25.1. The Balaban J connectivity index is 1.17. The third-order valence-corrected chi connectivity index (χ3v) is 11.7. The van der Waals surface area contributed by atoms with Crippen LogP contribution in [0.4, 0.5) is 15.3 Å². The quantitative estimate of drug-likeness (QED) is 0.0220. The van der Waals surface area contributed by atoms with Gasteiger partial charge in [-0.25, -0.2) is 15.0 Å². The number of allylic oxidation sites excluding steroid dienone is 2. The minimum absolute atomic E-state index is 0.0166. The molecule has 0 aliphatic carbocycles. The summed E-state index contributed by atoms with van der Waals surface area (Å²) in [6.07, 6.45) is 9.85. The number of ether oxygens (including phenoxy) is 5. The second-order valence-electron chi connectivity index (χ2n) is 18.0. The Morgan fingerprint density at radius 2 is 1.67 bits per heavy atom. The van der Waals surface area contributed by atoms with Crippen LogP contribution in [0.2, 0.25) is 0 Å². The van der Waals surface area contributed by atoms with Crippen molar-refractivity contribution in [1.29, 1.82) is 0 Å². The van der Waals surface area contributed by atoms with Crippen molar-refractivity contribution in [3.05, 3.63) is 65.8 Å². The first kappa shape index (κ1) is 53.8. The molecule has 20 heteroatoms. The van der Waals surface area contributed by atoms with Crippen molar-refractivity contribution in [2.75, 3.05) is 18.5 Å². The fourth-order valence-corrected chi connectivity index (χ4v) is 7.71. The van der Waals surface area contributed by atoms with Gasteiger partial charge in [0.2, 0.25) is 23.6 Å². The first-order valence-corrected chi connectivity index (χ1v) is 22.9. The van der Waals surface area contributed by atoms with E-state index in [0.29, 0.717) is 43.5 Å². The molecular weight excluding hydrogens is 869 g/mol. The second kappa shape index (κ2) is 25.9. The van der Waals surface area contributed by atoms with E-state index in [2.05, 4.69) is 45.1 Å². The third kappa shape index (κ3) is 19.1. The number of rotatable bonds is 21. The number of nitrogens with one attached hydrogen (secondary N) is 6. The van der Waals surface area contributed by atoms with Crippen molar-refractivity contribution in [3.63, 3.8) is 0 Å². The Labute approximate surface area is 392 Å². The van der Waals surface area contributed by atoms with E-state index in [9.17, 15) is 33.6 Å². The van der Waals surface area contributed by atoms with Crippen LogP contribution in [0, 0.1) is 11.8 Å². The molecule has 0 bridgehead atoms. The monoisotopic (exact) mass is 939 g/mol. The Morgan fingerprint density at radius 1 is 0.955 bits per heavy atom. The van der Waals surface area contributed by atoms with Gasteiger partial charge in [0.1, 0.15) is 18.8 Å². The number of hydrazine groups is 1. The zero-order chi connectivity index (χ0) is 49.3. The zero-order valence-corrected chi connectivity index (χ0v) is 39.6. The molecule has 67 heavy (non-hydrogen) atoms. The molecule has 370 valence electrons. The lowest BCUT2D eigenvalue weighted by molar-refractivity contribution is -0.143. The summed E-state index contributed by atoms with van der Waals surface area (Å²) in [4.78, 5) is 85.8. The smallest absolute Gasteiger partial charge is 0.426 e. The minimum atomic E-state index is -0.929. The second-order valence-corrected chi connectivity index (χ2v) is 18.0. The number of primary amides is 1.